The summed E-state index contributed by atoms with van der Waals surface area (Å²) in [6.07, 6.45) is 1.56. The van der Waals surface area contributed by atoms with E-state index in [4.69, 9.17) is 5.73 Å². The number of Topliss-reactive ketones (excluding diaryl/α,β-unsaturated/α-hetero) is 2. The maximum absolute atomic E-state index is 10.7. The fraction of sp³-hybridized carbons (Fsp3) is 0.444. The number of carbonyl (C=O) groups excluding carboxylic acids is 3. The summed E-state index contributed by atoms with van der Waals surface area (Å²) in [5.41, 5.74) is 5.21. The van der Waals surface area contributed by atoms with Crippen molar-refractivity contribution in [1.29, 1.82) is 0 Å². The molecule has 72 valence electrons. The molecule has 0 rings (SSSR count). The van der Waals surface area contributed by atoms with Gasteiger partial charge in [0.05, 0.1) is 0 Å². The molecular weight excluding hydrogens is 170 g/mol. The topological polar surface area (TPSA) is 77.2 Å². The Kier molecular flexibility index (Phi) is 4.66. The number of carbonyl (C=O) groups is 3. The third-order valence-electron chi connectivity index (χ3n) is 1.39. The number of rotatable bonds is 5. The Morgan fingerprint density at radius 3 is 2.00 bits per heavy atom. The van der Waals surface area contributed by atoms with Crippen LogP contribution < -0.4 is 5.73 Å². The van der Waals surface area contributed by atoms with E-state index in [2.05, 4.69) is 0 Å². The van der Waals surface area contributed by atoms with Crippen LogP contribution in [0.2, 0.25) is 0 Å². The maximum Gasteiger partial charge on any atom is 0.244 e. The lowest BCUT2D eigenvalue weighted by atomic mass is 10.1. The van der Waals surface area contributed by atoms with Crippen molar-refractivity contribution in [3.05, 3.63) is 11.6 Å². The quantitative estimate of drug-likeness (QED) is 0.625. The summed E-state index contributed by atoms with van der Waals surface area (Å²) in [5, 5.41) is 0. The zero-order valence-electron chi connectivity index (χ0n) is 7.79. The summed E-state index contributed by atoms with van der Waals surface area (Å²) in [6.45, 7) is 2.77. The first-order valence-electron chi connectivity index (χ1n) is 3.91. The molecule has 0 aliphatic heterocycles. The Morgan fingerprint density at radius 2 is 1.69 bits per heavy atom. The third-order valence-corrected chi connectivity index (χ3v) is 1.39. The molecule has 13 heavy (non-hydrogen) atoms. The molecule has 1 amide bonds. The molecule has 0 bridgehead atoms. The van der Waals surface area contributed by atoms with Gasteiger partial charge < -0.3 is 5.73 Å². The summed E-state index contributed by atoms with van der Waals surface area (Å²) < 4.78 is 0. The van der Waals surface area contributed by atoms with Crippen LogP contribution in [-0.4, -0.2) is 17.5 Å². The lowest BCUT2D eigenvalue weighted by Gasteiger charge is -1.98. The molecule has 0 atom stereocenters. The number of ketones is 2. The average Bonchev–Trinajstić information content (AvgIpc) is 1.96. The summed E-state index contributed by atoms with van der Waals surface area (Å²) in [4.78, 5) is 32.0. The summed E-state index contributed by atoms with van der Waals surface area (Å²) in [6, 6.07) is 0. The number of nitrogens with two attached hydrogens (primary N) is 1. The van der Waals surface area contributed by atoms with Crippen LogP contribution in [0.3, 0.4) is 0 Å². The van der Waals surface area contributed by atoms with Crippen LogP contribution in [0.1, 0.15) is 26.7 Å². The van der Waals surface area contributed by atoms with Gasteiger partial charge in [0.25, 0.3) is 0 Å². The van der Waals surface area contributed by atoms with E-state index >= 15 is 0 Å². The van der Waals surface area contributed by atoms with Gasteiger partial charge in [0.15, 0.2) is 0 Å². The number of hydrogen-bond acceptors (Lipinski definition) is 3. The molecule has 4 heteroatoms. The van der Waals surface area contributed by atoms with E-state index in [1.807, 2.05) is 0 Å². The van der Waals surface area contributed by atoms with Crippen LogP contribution in [0, 0.1) is 0 Å². The molecule has 0 saturated carbocycles. The van der Waals surface area contributed by atoms with Crippen molar-refractivity contribution < 1.29 is 14.4 Å². The first-order valence-corrected chi connectivity index (χ1v) is 3.91. The van der Waals surface area contributed by atoms with Gasteiger partial charge in [-0.2, -0.15) is 0 Å². The minimum absolute atomic E-state index is 0.00259. The van der Waals surface area contributed by atoms with Gasteiger partial charge in [0.2, 0.25) is 5.91 Å². The Morgan fingerprint density at radius 1 is 1.15 bits per heavy atom. The fourth-order valence-corrected chi connectivity index (χ4v) is 0.795. The molecule has 4 nitrogen and oxygen atoms in total. The highest BCUT2D eigenvalue weighted by Gasteiger charge is 2.07. The minimum atomic E-state index is -0.642. The normalized spacial score (nSPS) is 11.1. The van der Waals surface area contributed by atoms with E-state index in [0.717, 1.165) is 0 Å². The largest absolute Gasteiger partial charge is 0.366 e. The first kappa shape index (κ1) is 11.6. The van der Waals surface area contributed by atoms with E-state index in [1.165, 1.54) is 19.9 Å². The van der Waals surface area contributed by atoms with Crippen molar-refractivity contribution in [1.82, 2.24) is 0 Å². The summed E-state index contributed by atoms with van der Waals surface area (Å²) in [5.74, 6) is -0.854. The van der Waals surface area contributed by atoms with Gasteiger partial charge in [-0.3, -0.25) is 14.4 Å². The molecule has 0 aromatic heterocycles. The standard InChI is InChI=1S/C9H13NO3/c1-6(11)3-4-8(9(10)13)5-7(2)12/h4H,3,5H2,1-2H3,(H2,10,13). The highest BCUT2D eigenvalue weighted by atomic mass is 16.1. The molecule has 0 aliphatic carbocycles. The summed E-state index contributed by atoms with van der Waals surface area (Å²) in [7, 11) is 0. The van der Waals surface area contributed by atoms with Crippen molar-refractivity contribution in [3.8, 4) is 0 Å². The number of allylic oxidation sites excluding steroid dienone is 1. The minimum Gasteiger partial charge on any atom is -0.366 e. The second-order valence-corrected chi connectivity index (χ2v) is 2.88. The molecule has 0 heterocycles. The van der Waals surface area contributed by atoms with Crippen molar-refractivity contribution in [2.24, 2.45) is 5.73 Å². The van der Waals surface area contributed by atoms with Crippen LogP contribution in [0.4, 0.5) is 0 Å². The van der Waals surface area contributed by atoms with Gasteiger partial charge in [-0.15, -0.1) is 0 Å². The van der Waals surface area contributed by atoms with Gasteiger partial charge >= 0.3 is 0 Å². The first-order chi connectivity index (χ1) is 5.93. The Balaban J connectivity index is 4.41. The fourth-order valence-electron chi connectivity index (χ4n) is 0.795. The smallest absolute Gasteiger partial charge is 0.244 e. The van der Waals surface area contributed by atoms with E-state index in [0.29, 0.717) is 0 Å². The second kappa shape index (κ2) is 5.24. The number of primary amides is 1. The Labute approximate surface area is 76.8 Å². The monoisotopic (exact) mass is 183 g/mol. The maximum atomic E-state index is 10.7. The van der Waals surface area contributed by atoms with E-state index in [9.17, 15) is 14.4 Å². The van der Waals surface area contributed by atoms with E-state index in [1.54, 1.807) is 0 Å². The van der Waals surface area contributed by atoms with Crippen LogP contribution in [-0.2, 0) is 14.4 Å². The van der Waals surface area contributed by atoms with Crippen molar-refractivity contribution in [2.45, 2.75) is 26.7 Å². The van der Waals surface area contributed by atoms with Gasteiger partial charge in [-0.05, 0) is 13.8 Å². The lowest BCUT2D eigenvalue weighted by Crippen LogP contribution is -2.16. The third kappa shape index (κ3) is 5.78. The molecule has 0 saturated heterocycles. The Hall–Kier alpha value is -1.45. The molecule has 0 spiro atoms. The molecular formula is C9H13NO3. The molecule has 0 radical (unpaired) electrons. The predicted molar refractivity (Wildman–Crippen MR) is 47.9 cm³/mol. The predicted octanol–water partition coefficient (Wildman–Crippen LogP) is 0.356. The molecule has 0 aliphatic rings. The molecule has 0 unspecified atom stereocenters. The van der Waals surface area contributed by atoms with Gasteiger partial charge in [-0.25, -0.2) is 0 Å². The SMILES string of the molecule is CC(=O)CC=C(CC(C)=O)C(N)=O. The highest BCUT2D eigenvalue weighted by molar-refractivity contribution is 5.98. The van der Waals surface area contributed by atoms with Gasteiger partial charge in [-0.1, -0.05) is 6.08 Å². The molecule has 2 N–H and O–H groups in total. The van der Waals surface area contributed by atoms with Crippen LogP contribution in [0.5, 0.6) is 0 Å². The van der Waals surface area contributed by atoms with Gasteiger partial charge in [0.1, 0.15) is 11.6 Å². The van der Waals surface area contributed by atoms with Crippen molar-refractivity contribution in [2.75, 3.05) is 0 Å². The average molecular weight is 183 g/mol. The van der Waals surface area contributed by atoms with Crippen molar-refractivity contribution in [3.63, 3.8) is 0 Å². The molecule has 0 aromatic rings. The Bertz CT molecular complexity index is 266. The van der Waals surface area contributed by atoms with Crippen molar-refractivity contribution >= 4 is 17.5 Å². The van der Waals surface area contributed by atoms with Crippen LogP contribution in [0.15, 0.2) is 11.6 Å². The van der Waals surface area contributed by atoms with Gasteiger partial charge in [0, 0.05) is 18.4 Å². The highest BCUT2D eigenvalue weighted by Crippen LogP contribution is 2.03. The lowest BCUT2D eigenvalue weighted by molar-refractivity contribution is -0.119. The summed E-state index contributed by atoms with van der Waals surface area (Å²) >= 11 is 0. The number of hydrogen-bond donors (Lipinski definition) is 1. The number of amides is 1. The zero-order valence-corrected chi connectivity index (χ0v) is 7.79. The molecule has 0 aromatic carbocycles. The van der Waals surface area contributed by atoms with Crippen LogP contribution in [0.25, 0.3) is 0 Å². The second-order valence-electron chi connectivity index (χ2n) is 2.88. The molecule has 0 fully saturated rings. The zero-order chi connectivity index (χ0) is 10.4. The van der Waals surface area contributed by atoms with E-state index in [-0.39, 0.29) is 30.0 Å². The van der Waals surface area contributed by atoms with E-state index < -0.39 is 5.91 Å². The van der Waals surface area contributed by atoms with Crippen LogP contribution >= 0.6 is 0 Å².